The Kier molecular flexibility index (Phi) is 17.4. The lowest BCUT2D eigenvalue weighted by molar-refractivity contribution is 0.226. The van der Waals surface area contributed by atoms with Crippen LogP contribution < -0.4 is 21.2 Å². The maximum Gasteiger partial charge on any atom is 0.0188 e. The van der Waals surface area contributed by atoms with E-state index in [-0.39, 0.29) is 16.7 Å². The highest BCUT2D eigenvalue weighted by Gasteiger charge is 2.52. The van der Waals surface area contributed by atoms with Crippen molar-refractivity contribution in [2.24, 2.45) is 5.41 Å². The van der Waals surface area contributed by atoms with Crippen molar-refractivity contribution in [2.75, 3.05) is 0 Å². The van der Waals surface area contributed by atoms with Crippen molar-refractivity contribution in [3.05, 3.63) is 189 Å². The van der Waals surface area contributed by atoms with E-state index in [0.717, 1.165) is 70.6 Å². The molecule has 0 amide bonds. The van der Waals surface area contributed by atoms with Gasteiger partial charge in [-0.05, 0) is 162 Å². The van der Waals surface area contributed by atoms with Gasteiger partial charge in [0.05, 0.1) is 0 Å². The molecule has 326 valence electrons. The molecule has 0 radical (unpaired) electrons. The number of aryl methyl sites for hydroxylation is 8. The van der Waals surface area contributed by atoms with Crippen molar-refractivity contribution in [1.29, 1.82) is 0 Å². The highest BCUT2D eigenvalue weighted by atomic mass is 31.1. The summed E-state index contributed by atoms with van der Waals surface area (Å²) in [5.41, 5.74) is 15.1. The van der Waals surface area contributed by atoms with Crippen molar-refractivity contribution in [2.45, 2.75) is 151 Å². The fraction of sp³-hybridized carbons (Fsp3) is 0.400. The third-order valence-electron chi connectivity index (χ3n) is 13.7. The Bertz CT molecular complexity index is 1960. The molecule has 0 aliphatic heterocycles. The van der Waals surface area contributed by atoms with Crippen molar-refractivity contribution >= 4 is 37.1 Å². The molecule has 0 aromatic heterocycles. The monoisotopic (exact) mass is 859 g/mol. The summed E-state index contributed by atoms with van der Waals surface area (Å²) in [6.07, 6.45) is 11.7. The highest BCUT2D eigenvalue weighted by molar-refractivity contribution is 7.74. The van der Waals surface area contributed by atoms with E-state index in [1.807, 2.05) is 0 Å². The zero-order chi connectivity index (χ0) is 44.2. The summed E-state index contributed by atoms with van der Waals surface area (Å²) in [6, 6.07) is 54.9. The van der Waals surface area contributed by atoms with Gasteiger partial charge >= 0.3 is 0 Å². The molecule has 6 aromatic rings. The van der Waals surface area contributed by atoms with Crippen LogP contribution in [0.1, 0.15) is 155 Å². The average Bonchev–Trinajstić information content (AvgIpc) is 3.33. The van der Waals surface area contributed by atoms with Crippen LogP contribution in [-0.2, 0) is 51.4 Å². The fourth-order valence-corrected chi connectivity index (χ4v) is 17.5. The van der Waals surface area contributed by atoms with Crippen LogP contribution in [0.5, 0.6) is 0 Å². The Morgan fingerprint density at radius 2 is 0.581 bits per heavy atom. The molecule has 0 bridgehead atoms. The molecule has 6 rings (SSSR count). The minimum absolute atomic E-state index is 0.110. The highest BCUT2D eigenvalue weighted by Crippen LogP contribution is 2.72. The zero-order valence-corrected chi connectivity index (χ0v) is 41.8. The van der Waals surface area contributed by atoms with Crippen LogP contribution in [0.3, 0.4) is 0 Å². The first-order chi connectivity index (χ1) is 30.2. The Balaban J connectivity index is 1.84. The minimum Gasteiger partial charge on any atom is -0.0654 e. The van der Waals surface area contributed by atoms with E-state index < -0.39 is 15.8 Å². The molecule has 2 atom stereocenters. The normalized spacial score (nSPS) is 13.7. The summed E-state index contributed by atoms with van der Waals surface area (Å²) >= 11 is 0. The molecule has 0 N–H and O–H groups in total. The SMILES string of the molecule is CCCC(CC)(C(c1ccccc1)P(c1cc(CC)cc(CC)c1)c1cc(CC)cc(CC)c1)C(c1ccccc1)P(c1cc(CC)cc(CC)c1)c1cc(CC)cc(CC)c1. The van der Waals surface area contributed by atoms with E-state index in [9.17, 15) is 0 Å². The lowest BCUT2D eigenvalue weighted by Crippen LogP contribution is -2.39. The first-order valence-corrected chi connectivity index (χ1v) is 27.2. The summed E-state index contributed by atoms with van der Waals surface area (Å²) < 4.78 is 0. The van der Waals surface area contributed by atoms with Crippen LogP contribution in [0.2, 0.25) is 0 Å². The van der Waals surface area contributed by atoms with E-state index in [1.54, 1.807) is 21.2 Å². The third-order valence-corrected chi connectivity index (χ3v) is 19.7. The molecule has 0 spiro atoms. The van der Waals surface area contributed by atoms with Gasteiger partial charge in [0.2, 0.25) is 0 Å². The van der Waals surface area contributed by atoms with Crippen molar-refractivity contribution in [1.82, 2.24) is 0 Å². The van der Waals surface area contributed by atoms with E-state index in [0.29, 0.717) is 0 Å². The average molecular weight is 859 g/mol. The Morgan fingerprint density at radius 1 is 0.339 bits per heavy atom. The van der Waals surface area contributed by atoms with E-state index >= 15 is 0 Å². The molecule has 0 saturated heterocycles. The zero-order valence-electron chi connectivity index (χ0n) is 40.0. The van der Waals surface area contributed by atoms with Gasteiger partial charge in [-0.3, -0.25) is 0 Å². The Hall–Kier alpha value is -3.82. The fourth-order valence-electron chi connectivity index (χ4n) is 10.3. The van der Waals surface area contributed by atoms with Crippen LogP contribution in [0.15, 0.2) is 133 Å². The molecule has 0 nitrogen and oxygen atoms in total. The van der Waals surface area contributed by atoms with Crippen LogP contribution in [0.25, 0.3) is 0 Å². The maximum absolute atomic E-state index is 2.63. The Morgan fingerprint density at radius 3 is 0.774 bits per heavy atom. The van der Waals surface area contributed by atoms with Gasteiger partial charge in [0.25, 0.3) is 0 Å². The second-order valence-corrected chi connectivity index (χ2v) is 22.1. The van der Waals surface area contributed by atoms with Crippen LogP contribution >= 0.6 is 15.8 Å². The first-order valence-electron chi connectivity index (χ1n) is 24.4. The first kappa shape index (κ1) is 47.7. The topological polar surface area (TPSA) is 0 Å². The van der Waals surface area contributed by atoms with Crippen molar-refractivity contribution in [3.8, 4) is 0 Å². The van der Waals surface area contributed by atoms with Gasteiger partial charge in [0, 0.05) is 11.3 Å². The molecule has 6 aromatic carbocycles. The lowest BCUT2D eigenvalue weighted by Gasteiger charge is -2.53. The second-order valence-electron chi connectivity index (χ2n) is 17.6. The van der Waals surface area contributed by atoms with Crippen molar-refractivity contribution in [3.63, 3.8) is 0 Å². The quantitative estimate of drug-likeness (QED) is 0.0633. The van der Waals surface area contributed by atoms with Crippen LogP contribution in [-0.4, -0.2) is 0 Å². The number of hydrogen-bond acceptors (Lipinski definition) is 0. The molecular weight excluding hydrogens is 783 g/mol. The van der Waals surface area contributed by atoms with E-state index in [1.165, 1.54) is 55.6 Å². The predicted molar refractivity (Wildman–Crippen MR) is 279 cm³/mol. The van der Waals surface area contributed by atoms with Crippen LogP contribution in [0, 0.1) is 5.41 Å². The van der Waals surface area contributed by atoms with Crippen LogP contribution in [0.4, 0.5) is 0 Å². The van der Waals surface area contributed by atoms with Gasteiger partial charge in [-0.2, -0.15) is 0 Å². The number of benzene rings is 6. The van der Waals surface area contributed by atoms with E-state index in [2.05, 4.69) is 203 Å². The van der Waals surface area contributed by atoms with Gasteiger partial charge < -0.3 is 0 Å². The minimum atomic E-state index is -0.896. The Labute approximate surface area is 380 Å². The molecule has 2 unspecified atom stereocenters. The van der Waals surface area contributed by atoms with Crippen molar-refractivity contribution < 1.29 is 0 Å². The second kappa shape index (κ2) is 22.7. The summed E-state index contributed by atoms with van der Waals surface area (Å²) in [5.74, 6) is 0. The summed E-state index contributed by atoms with van der Waals surface area (Å²) in [4.78, 5) is 0. The number of rotatable bonds is 21. The number of hydrogen-bond donors (Lipinski definition) is 0. The van der Waals surface area contributed by atoms with Gasteiger partial charge in [-0.1, -0.05) is 209 Å². The molecule has 0 saturated carbocycles. The lowest BCUT2D eigenvalue weighted by atomic mass is 9.70. The maximum atomic E-state index is 2.63. The summed E-state index contributed by atoms with van der Waals surface area (Å²) in [5, 5.41) is 6.20. The third kappa shape index (κ3) is 10.6. The molecule has 62 heavy (non-hydrogen) atoms. The standard InChI is InChI=1S/C60H76P2/c1-11-31-60(20-10,58(52-27-23-21-24-28-52)61(54-36-44(12-2)32-45(13-3)37-54)55-38-46(14-4)33-47(15-5)39-55)59(53-29-25-22-26-30-53)62(56-40-48(16-6)34-49(17-7)41-56)57-42-50(18-8)35-51(19-9)43-57/h21-30,32-43,58-59H,11-20,31H2,1-10H3. The predicted octanol–water partition coefficient (Wildman–Crippen LogP) is 15.4. The molecular formula is C60H76P2. The molecule has 0 aliphatic rings. The largest absolute Gasteiger partial charge is 0.0654 e. The van der Waals surface area contributed by atoms with Gasteiger partial charge in [0.1, 0.15) is 0 Å². The molecule has 0 fully saturated rings. The van der Waals surface area contributed by atoms with E-state index in [4.69, 9.17) is 0 Å². The summed E-state index contributed by atoms with van der Waals surface area (Å²) in [7, 11) is -1.79. The van der Waals surface area contributed by atoms with Gasteiger partial charge in [-0.25, -0.2) is 0 Å². The van der Waals surface area contributed by atoms with Gasteiger partial charge in [-0.15, -0.1) is 0 Å². The smallest absolute Gasteiger partial charge is 0.0188 e. The van der Waals surface area contributed by atoms with Gasteiger partial charge in [0.15, 0.2) is 0 Å². The molecule has 2 heteroatoms. The molecule has 0 aliphatic carbocycles. The summed E-state index contributed by atoms with van der Waals surface area (Å²) in [6.45, 7) is 23.8. The molecule has 0 heterocycles.